The average molecular weight is 315 g/mol. The van der Waals surface area contributed by atoms with Gasteiger partial charge >= 0.3 is 0 Å². The van der Waals surface area contributed by atoms with Gasteiger partial charge in [-0.15, -0.1) is 0 Å². The molecular formula is C17H25N5O. The largest absolute Gasteiger partial charge is 0.367 e. The molecule has 23 heavy (non-hydrogen) atoms. The maximum Gasteiger partial charge on any atom is 0.236 e. The molecule has 0 atom stereocenters. The van der Waals surface area contributed by atoms with E-state index in [2.05, 4.69) is 39.9 Å². The van der Waals surface area contributed by atoms with E-state index in [4.69, 9.17) is 0 Å². The van der Waals surface area contributed by atoms with Crippen molar-refractivity contribution < 1.29 is 4.79 Å². The molecule has 1 saturated heterocycles. The summed E-state index contributed by atoms with van der Waals surface area (Å²) in [5, 5.41) is 8.28. The predicted octanol–water partition coefficient (Wildman–Crippen LogP) is 1.55. The molecule has 1 fully saturated rings. The number of likely N-dealkylation sites (N-methyl/N-ethyl adjacent to an activating group) is 1. The molecule has 124 valence electrons. The van der Waals surface area contributed by atoms with Crippen molar-refractivity contribution in [2.24, 2.45) is 0 Å². The highest BCUT2D eigenvalue weighted by Gasteiger charge is 2.23. The fraction of sp³-hybridized carbons (Fsp3) is 0.529. The van der Waals surface area contributed by atoms with Crippen LogP contribution in [0.5, 0.6) is 0 Å². The molecule has 0 unspecified atom stereocenters. The van der Waals surface area contributed by atoms with E-state index in [0.717, 1.165) is 37.1 Å². The molecule has 1 aliphatic rings. The number of aromatic nitrogens is 2. The van der Waals surface area contributed by atoms with Crippen LogP contribution in [0.15, 0.2) is 24.4 Å². The number of nitrogens with zero attached hydrogens (tertiary/aromatic N) is 4. The van der Waals surface area contributed by atoms with Crippen LogP contribution in [0, 0.1) is 0 Å². The Bertz CT molecular complexity index is 672. The average Bonchev–Trinajstić information content (AvgIpc) is 3.03. The van der Waals surface area contributed by atoms with Crippen molar-refractivity contribution in [3.63, 3.8) is 0 Å². The predicted molar refractivity (Wildman–Crippen MR) is 92.7 cm³/mol. The van der Waals surface area contributed by atoms with Crippen LogP contribution in [0.3, 0.4) is 0 Å². The van der Waals surface area contributed by atoms with Gasteiger partial charge in [0.05, 0.1) is 18.3 Å². The lowest BCUT2D eigenvalue weighted by Gasteiger charge is -2.37. The second-order valence-electron chi connectivity index (χ2n) is 6.49. The number of amides is 1. The van der Waals surface area contributed by atoms with Gasteiger partial charge in [0.2, 0.25) is 5.91 Å². The monoisotopic (exact) mass is 315 g/mol. The van der Waals surface area contributed by atoms with Crippen LogP contribution in [0.4, 0.5) is 5.69 Å². The van der Waals surface area contributed by atoms with E-state index in [1.54, 1.807) is 0 Å². The Hall–Kier alpha value is -2.08. The second-order valence-corrected chi connectivity index (χ2v) is 6.49. The van der Waals surface area contributed by atoms with Crippen LogP contribution >= 0.6 is 0 Å². The summed E-state index contributed by atoms with van der Waals surface area (Å²) in [5.41, 5.74) is 2.25. The number of benzene rings is 1. The van der Waals surface area contributed by atoms with E-state index in [1.807, 2.05) is 30.3 Å². The quantitative estimate of drug-likeness (QED) is 0.930. The van der Waals surface area contributed by atoms with Gasteiger partial charge in [-0.05, 0) is 33.0 Å². The summed E-state index contributed by atoms with van der Waals surface area (Å²) in [7, 11) is 2.00. The summed E-state index contributed by atoms with van der Waals surface area (Å²) in [5.74, 6) is 0.224. The molecule has 1 aromatic heterocycles. The lowest BCUT2D eigenvalue weighted by Crippen LogP contribution is -2.51. The Kier molecular flexibility index (Phi) is 4.52. The van der Waals surface area contributed by atoms with E-state index in [1.165, 1.54) is 5.69 Å². The highest BCUT2D eigenvalue weighted by molar-refractivity contribution is 5.91. The maximum absolute atomic E-state index is 12.4. The highest BCUT2D eigenvalue weighted by atomic mass is 16.2. The van der Waals surface area contributed by atoms with Crippen molar-refractivity contribution in [3.05, 3.63) is 24.4 Å². The van der Waals surface area contributed by atoms with Crippen molar-refractivity contribution in [1.29, 1.82) is 0 Å². The zero-order chi connectivity index (χ0) is 16.4. The van der Waals surface area contributed by atoms with Crippen molar-refractivity contribution in [2.45, 2.75) is 19.9 Å². The molecular weight excluding hydrogens is 290 g/mol. The first-order valence-electron chi connectivity index (χ1n) is 8.21. The van der Waals surface area contributed by atoms with Gasteiger partial charge in [0.15, 0.2) is 0 Å². The third-order valence-corrected chi connectivity index (χ3v) is 4.70. The van der Waals surface area contributed by atoms with Crippen molar-refractivity contribution in [1.82, 2.24) is 20.0 Å². The first-order chi connectivity index (χ1) is 11.1. The van der Waals surface area contributed by atoms with Gasteiger partial charge in [-0.1, -0.05) is 6.07 Å². The number of carbonyl (C=O) groups excluding carboxylic acids is 1. The van der Waals surface area contributed by atoms with Crippen molar-refractivity contribution >= 4 is 22.5 Å². The number of nitrogens with one attached hydrogen (secondary N) is 1. The summed E-state index contributed by atoms with van der Waals surface area (Å²) in [6.45, 7) is 7.99. The van der Waals surface area contributed by atoms with Crippen LogP contribution < -0.4 is 4.90 Å². The molecule has 0 bridgehead atoms. The minimum Gasteiger partial charge on any atom is -0.367 e. The molecule has 0 spiro atoms. The summed E-state index contributed by atoms with van der Waals surface area (Å²) >= 11 is 0. The highest BCUT2D eigenvalue weighted by Crippen LogP contribution is 2.26. The molecule has 0 radical (unpaired) electrons. The normalized spacial score (nSPS) is 15.9. The zero-order valence-electron chi connectivity index (χ0n) is 14.1. The standard InChI is InChI=1S/C17H25N5O/c1-13(2)20(3)12-17(23)22-9-7-21(8-10-22)16-6-4-5-15-14(16)11-18-19-15/h4-6,11,13H,7-10,12H2,1-3H3,(H,18,19). The van der Waals surface area contributed by atoms with Crippen molar-refractivity contribution in [2.75, 3.05) is 44.7 Å². The van der Waals surface area contributed by atoms with Gasteiger partial charge in [-0.2, -0.15) is 5.10 Å². The summed E-state index contributed by atoms with van der Waals surface area (Å²) in [4.78, 5) is 18.8. The zero-order valence-corrected chi connectivity index (χ0v) is 14.1. The SMILES string of the molecule is CC(C)N(C)CC(=O)N1CCN(c2cccc3[nH]ncc23)CC1. The topological polar surface area (TPSA) is 55.5 Å². The smallest absolute Gasteiger partial charge is 0.236 e. The molecule has 2 heterocycles. The molecule has 1 aliphatic heterocycles. The van der Waals surface area contributed by atoms with E-state index in [0.29, 0.717) is 12.6 Å². The Morgan fingerprint density at radius 2 is 2.04 bits per heavy atom. The van der Waals surface area contributed by atoms with Crippen LogP contribution in [0.1, 0.15) is 13.8 Å². The molecule has 1 N–H and O–H groups in total. The molecule has 6 nitrogen and oxygen atoms in total. The summed E-state index contributed by atoms with van der Waals surface area (Å²) in [6, 6.07) is 6.60. The Labute approximate surface area is 137 Å². The van der Waals surface area contributed by atoms with Crippen molar-refractivity contribution in [3.8, 4) is 0 Å². The molecule has 0 saturated carbocycles. The van der Waals surface area contributed by atoms with Gasteiger partial charge in [-0.25, -0.2) is 0 Å². The van der Waals surface area contributed by atoms with E-state index >= 15 is 0 Å². The molecule has 2 aromatic rings. The number of H-pyrrole nitrogens is 1. The summed E-state index contributed by atoms with van der Waals surface area (Å²) < 4.78 is 0. The minimum absolute atomic E-state index is 0.224. The second kappa shape index (κ2) is 6.58. The van der Waals surface area contributed by atoms with Crippen LogP contribution in [0.25, 0.3) is 10.9 Å². The lowest BCUT2D eigenvalue weighted by atomic mass is 10.2. The number of fused-ring (bicyclic) bond motifs is 1. The minimum atomic E-state index is 0.224. The van der Waals surface area contributed by atoms with E-state index in [-0.39, 0.29) is 5.91 Å². The number of rotatable bonds is 4. The van der Waals surface area contributed by atoms with E-state index in [9.17, 15) is 4.79 Å². The molecule has 3 rings (SSSR count). The number of piperazine rings is 1. The Morgan fingerprint density at radius 3 is 2.74 bits per heavy atom. The number of hydrogen-bond acceptors (Lipinski definition) is 4. The van der Waals surface area contributed by atoms with Gasteiger partial charge in [-0.3, -0.25) is 14.8 Å². The van der Waals surface area contributed by atoms with Crippen LogP contribution in [-0.4, -0.2) is 71.7 Å². The first kappa shape index (κ1) is 15.8. The Morgan fingerprint density at radius 1 is 1.30 bits per heavy atom. The van der Waals surface area contributed by atoms with Crippen LogP contribution in [-0.2, 0) is 4.79 Å². The van der Waals surface area contributed by atoms with E-state index < -0.39 is 0 Å². The Balaban J connectivity index is 1.62. The lowest BCUT2D eigenvalue weighted by molar-refractivity contribution is -0.132. The summed E-state index contributed by atoms with van der Waals surface area (Å²) in [6.07, 6.45) is 1.87. The van der Waals surface area contributed by atoms with Gasteiger partial charge < -0.3 is 9.80 Å². The van der Waals surface area contributed by atoms with Crippen LogP contribution in [0.2, 0.25) is 0 Å². The number of aromatic amines is 1. The van der Waals surface area contributed by atoms with Gasteiger partial charge in [0.25, 0.3) is 0 Å². The van der Waals surface area contributed by atoms with Gasteiger partial charge in [0.1, 0.15) is 0 Å². The molecule has 1 amide bonds. The third kappa shape index (κ3) is 3.32. The molecule has 6 heteroatoms. The fourth-order valence-corrected chi connectivity index (χ4v) is 2.92. The number of anilines is 1. The first-order valence-corrected chi connectivity index (χ1v) is 8.21. The molecule has 0 aliphatic carbocycles. The molecule has 1 aromatic carbocycles. The fourth-order valence-electron chi connectivity index (χ4n) is 2.92. The number of hydrogen-bond donors (Lipinski definition) is 1. The number of carbonyl (C=O) groups is 1. The maximum atomic E-state index is 12.4. The third-order valence-electron chi connectivity index (χ3n) is 4.70. The van der Waals surface area contributed by atoms with Gasteiger partial charge in [0, 0.05) is 43.3 Å².